The van der Waals surface area contributed by atoms with Gasteiger partial charge in [-0.05, 0) is 37.4 Å². The Bertz CT molecular complexity index is 868. The number of nitrogens with zero attached hydrogens (tertiary/aromatic N) is 2. The number of hydrogen-bond acceptors (Lipinski definition) is 5. The normalized spacial score (nSPS) is 10.4. The van der Waals surface area contributed by atoms with E-state index >= 15 is 0 Å². The van der Waals surface area contributed by atoms with E-state index in [1.807, 2.05) is 24.3 Å². The van der Waals surface area contributed by atoms with Crippen molar-refractivity contribution >= 4 is 29.2 Å². The van der Waals surface area contributed by atoms with E-state index < -0.39 is 16.7 Å². The molecule has 0 aliphatic heterocycles. The highest BCUT2D eigenvalue weighted by Crippen LogP contribution is 2.34. The highest BCUT2D eigenvalue weighted by atomic mass is 32.2. The van der Waals surface area contributed by atoms with Crippen LogP contribution in [0, 0.1) is 22.5 Å². The Morgan fingerprint density at radius 2 is 1.89 bits per heavy atom. The average molecular weight is 385 g/mol. The summed E-state index contributed by atoms with van der Waals surface area (Å²) in [6.45, 7) is 0.814. The third kappa shape index (κ3) is 5.48. The van der Waals surface area contributed by atoms with Crippen molar-refractivity contribution in [2.75, 3.05) is 31.7 Å². The van der Waals surface area contributed by atoms with Gasteiger partial charge in [-0.1, -0.05) is 30.2 Å². The monoisotopic (exact) mass is 385 g/mol. The summed E-state index contributed by atoms with van der Waals surface area (Å²) < 4.78 is 0. The first-order valence-electron chi connectivity index (χ1n) is 7.98. The van der Waals surface area contributed by atoms with Gasteiger partial charge in [0.15, 0.2) is 0 Å². The molecule has 2 N–H and O–H groups in total. The van der Waals surface area contributed by atoms with E-state index in [1.165, 1.54) is 35.0 Å². The van der Waals surface area contributed by atoms with Crippen LogP contribution in [0.5, 0.6) is 0 Å². The number of thioether (sulfide) groups is 1. The van der Waals surface area contributed by atoms with Crippen molar-refractivity contribution in [1.29, 1.82) is 0 Å². The standard InChI is InChI=1S/C13H15N3O4S.C6H4/c1-4-9-7-10(21-6-5-15(2)3)8-11(14-13(17)18)12(9)16(19)20;1-2-6-4-3-5(1)6/h1,7-8,14H,5-6H2,2-3H3,(H,17,18);1-4H. The average Bonchev–Trinajstić information content (AvgIpc) is 2.56. The molecule has 0 bridgehead atoms. The van der Waals surface area contributed by atoms with Crippen LogP contribution in [0.4, 0.5) is 16.2 Å². The SMILES string of the molecule is C#Cc1cc(SCCN(C)C)cc(NC(=O)O)c1[N+](=O)[O-].c1cc2ccc1-2. The van der Waals surface area contributed by atoms with Crippen molar-refractivity contribution in [3.8, 4) is 23.5 Å². The van der Waals surface area contributed by atoms with Gasteiger partial charge in [0.05, 0.1) is 4.92 Å². The van der Waals surface area contributed by atoms with Gasteiger partial charge in [0.2, 0.25) is 0 Å². The second-order valence-electron chi connectivity index (χ2n) is 5.93. The lowest BCUT2D eigenvalue weighted by atomic mass is 9.95. The molecule has 0 aromatic heterocycles. The van der Waals surface area contributed by atoms with Crippen LogP contribution in [0.25, 0.3) is 11.1 Å². The molecule has 2 aliphatic carbocycles. The number of benzene rings is 2. The fourth-order valence-electron chi connectivity index (χ4n) is 2.22. The summed E-state index contributed by atoms with van der Waals surface area (Å²) in [6, 6.07) is 11.4. The lowest BCUT2D eigenvalue weighted by Crippen LogP contribution is -2.14. The highest BCUT2D eigenvalue weighted by molar-refractivity contribution is 7.99. The third-order valence-corrected chi connectivity index (χ3v) is 4.64. The van der Waals surface area contributed by atoms with Crippen LogP contribution in [0.2, 0.25) is 0 Å². The summed E-state index contributed by atoms with van der Waals surface area (Å²) in [7, 11) is 3.86. The van der Waals surface area contributed by atoms with Crippen LogP contribution >= 0.6 is 11.8 Å². The number of hydrogen-bond donors (Lipinski definition) is 2. The molecule has 1 aromatic carbocycles. The molecule has 0 unspecified atom stereocenters. The number of nitro groups is 1. The molecule has 0 saturated carbocycles. The van der Waals surface area contributed by atoms with Crippen molar-refractivity contribution in [2.24, 2.45) is 0 Å². The van der Waals surface area contributed by atoms with Crippen LogP contribution in [0.3, 0.4) is 0 Å². The summed E-state index contributed by atoms with van der Waals surface area (Å²) in [4.78, 5) is 23.8. The minimum Gasteiger partial charge on any atom is -0.465 e. The van der Waals surface area contributed by atoms with Crippen molar-refractivity contribution in [1.82, 2.24) is 4.90 Å². The van der Waals surface area contributed by atoms with Crippen LogP contribution < -0.4 is 5.32 Å². The Labute approximate surface area is 161 Å². The van der Waals surface area contributed by atoms with Gasteiger partial charge in [0.1, 0.15) is 11.3 Å². The number of amides is 1. The molecule has 8 heteroatoms. The van der Waals surface area contributed by atoms with E-state index in [-0.39, 0.29) is 11.3 Å². The molecule has 1 aromatic rings. The number of anilines is 1. The van der Waals surface area contributed by atoms with Gasteiger partial charge in [0, 0.05) is 17.2 Å². The van der Waals surface area contributed by atoms with Crippen LogP contribution in [0.1, 0.15) is 5.56 Å². The third-order valence-electron chi connectivity index (χ3n) is 3.69. The number of terminal acetylenes is 1. The largest absolute Gasteiger partial charge is 0.465 e. The van der Waals surface area contributed by atoms with E-state index in [2.05, 4.69) is 30.2 Å². The van der Waals surface area contributed by atoms with E-state index in [0.717, 1.165) is 12.3 Å². The predicted molar refractivity (Wildman–Crippen MR) is 107 cm³/mol. The maximum Gasteiger partial charge on any atom is 0.409 e. The van der Waals surface area contributed by atoms with E-state index in [0.29, 0.717) is 4.90 Å². The summed E-state index contributed by atoms with van der Waals surface area (Å²) in [5.41, 5.74) is 2.38. The van der Waals surface area contributed by atoms with Gasteiger partial charge < -0.3 is 10.0 Å². The van der Waals surface area contributed by atoms with Crippen LogP contribution in [-0.4, -0.2) is 47.4 Å². The fraction of sp³-hybridized carbons (Fsp3) is 0.211. The molecule has 0 spiro atoms. The summed E-state index contributed by atoms with van der Waals surface area (Å²) >= 11 is 1.45. The molecule has 0 heterocycles. The van der Waals surface area contributed by atoms with Crippen molar-refractivity contribution in [3.05, 3.63) is 52.1 Å². The molecule has 7 nitrogen and oxygen atoms in total. The van der Waals surface area contributed by atoms with E-state index in [4.69, 9.17) is 11.5 Å². The Kier molecular flexibility index (Phi) is 6.82. The zero-order valence-corrected chi connectivity index (χ0v) is 15.7. The lowest BCUT2D eigenvalue weighted by molar-refractivity contribution is -0.384. The molecule has 140 valence electrons. The number of nitro benzene ring substituents is 1. The number of nitrogens with one attached hydrogen (secondary N) is 1. The van der Waals surface area contributed by atoms with E-state index in [9.17, 15) is 14.9 Å². The molecular weight excluding hydrogens is 366 g/mol. The molecule has 0 fully saturated rings. The van der Waals surface area contributed by atoms with Gasteiger partial charge >= 0.3 is 11.8 Å². The molecule has 27 heavy (non-hydrogen) atoms. The molecular formula is C19H19N3O4S. The zero-order valence-electron chi connectivity index (χ0n) is 14.9. The molecule has 1 amide bonds. The van der Waals surface area contributed by atoms with Crippen molar-refractivity contribution in [3.63, 3.8) is 0 Å². The highest BCUT2D eigenvalue weighted by Gasteiger charge is 2.22. The predicted octanol–water partition coefficient (Wildman–Crippen LogP) is 3.99. The maximum atomic E-state index is 11.1. The van der Waals surface area contributed by atoms with Crippen LogP contribution in [0.15, 0.2) is 41.3 Å². The summed E-state index contributed by atoms with van der Waals surface area (Å²) in [6.07, 6.45) is 3.91. The van der Waals surface area contributed by atoms with Gasteiger partial charge in [0.25, 0.3) is 0 Å². The fourth-order valence-corrected chi connectivity index (χ4v) is 3.31. The first-order valence-corrected chi connectivity index (χ1v) is 8.97. The van der Waals surface area contributed by atoms with Gasteiger partial charge in [-0.3, -0.25) is 15.4 Å². The molecule has 0 radical (unpaired) electrons. The first kappa shape index (κ1) is 20.3. The van der Waals surface area contributed by atoms with E-state index in [1.54, 1.807) is 0 Å². The number of rotatable bonds is 6. The van der Waals surface area contributed by atoms with Crippen LogP contribution in [-0.2, 0) is 0 Å². The number of fused-ring (bicyclic) bond motifs is 1. The molecule has 0 saturated heterocycles. The minimum absolute atomic E-state index is 0.0543. The Balaban J connectivity index is 0.000000358. The molecule has 3 rings (SSSR count). The Morgan fingerprint density at radius 3 is 2.26 bits per heavy atom. The first-order chi connectivity index (χ1) is 12.8. The quantitative estimate of drug-likeness (QED) is 0.288. The Morgan fingerprint density at radius 1 is 1.30 bits per heavy atom. The molecule has 2 aliphatic rings. The second kappa shape index (κ2) is 9.07. The minimum atomic E-state index is -1.38. The number of carboxylic acid groups (broad SMARTS) is 1. The lowest BCUT2D eigenvalue weighted by Gasteiger charge is -2.10. The second-order valence-corrected chi connectivity index (χ2v) is 7.10. The molecule has 0 atom stereocenters. The van der Waals surface area contributed by atoms with Gasteiger partial charge in [-0.15, -0.1) is 18.2 Å². The topological polar surface area (TPSA) is 95.7 Å². The zero-order chi connectivity index (χ0) is 20.0. The number of carbonyl (C=O) groups is 1. The Hall–Kier alpha value is -3.02. The summed E-state index contributed by atoms with van der Waals surface area (Å²) in [5.74, 6) is 2.98. The van der Waals surface area contributed by atoms with Gasteiger partial charge in [-0.25, -0.2) is 4.79 Å². The van der Waals surface area contributed by atoms with Crippen molar-refractivity contribution in [2.45, 2.75) is 4.90 Å². The summed E-state index contributed by atoms with van der Waals surface area (Å²) in [5, 5.41) is 21.9. The van der Waals surface area contributed by atoms with Crippen molar-refractivity contribution < 1.29 is 14.8 Å². The smallest absolute Gasteiger partial charge is 0.409 e. The maximum absolute atomic E-state index is 11.1. The van der Waals surface area contributed by atoms with Gasteiger partial charge in [-0.2, -0.15) is 0 Å².